The summed E-state index contributed by atoms with van der Waals surface area (Å²) in [5.74, 6) is 6.10. The van der Waals surface area contributed by atoms with E-state index in [1.54, 1.807) is 6.07 Å². The second-order valence-electron chi connectivity index (χ2n) is 5.67. The Kier molecular flexibility index (Phi) is 7.38. The topological polar surface area (TPSA) is 76.8 Å². The number of nitrogen functional groups attached to an aromatic ring is 1. The van der Waals surface area contributed by atoms with Crippen molar-refractivity contribution in [3.63, 3.8) is 0 Å². The van der Waals surface area contributed by atoms with E-state index in [0.29, 0.717) is 48.3 Å². The molecule has 1 amide bonds. The number of halogens is 1. The van der Waals surface area contributed by atoms with Crippen LogP contribution >= 0.6 is 11.6 Å². The third-order valence-electron chi connectivity index (χ3n) is 3.84. The van der Waals surface area contributed by atoms with Gasteiger partial charge in [0.05, 0.1) is 42.1 Å². The van der Waals surface area contributed by atoms with Crippen molar-refractivity contribution in [1.82, 2.24) is 10.2 Å². The number of rotatable bonds is 6. The highest BCUT2D eigenvalue weighted by Gasteiger charge is 2.22. The molecule has 0 aromatic heterocycles. The zero-order valence-corrected chi connectivity index (χ0v) is 15.4. The van der Waals surface area contributed by atoms with E-state index in [1.807, 2.05) is 13.8 Å². The summed E-state index contributed by atoms with van der Waals surface area (Å²) in [6.45, 7) is 7.43. The Labute approximate surface area is 153 Å². The molecule has 2 rings (SSSR count). The number of nitrogens with one attached hydrogen (secondary N) is 1. The summed E-state index contributed by atoms with van der Waals surface area (Å²) >= 11 is 6.04. The second-order valence-corrected chi connectivity index (χ2v) is 6.07. The highest BCUT2D eigenvalue weighted by molar-refractivity contribution is 6.33. The molecule has 1 aliphatic heterocycles. The summed E-state index contributed by atoms with van der Waals surface area (Å²) in [5, 5.41) is 3.21. The lowest BCUT2D eigenvalue weighted by Crippen LogP contribution is -2.47. The first-order valence-electron chi connectivity index (χ1n) is 8.28. The van der Waals surface area contributed by atoms with E-state index in [4.69, 9.17) is 26.8 Å². The predicted molar refractivity (Wildman–Crippen MR) is 99.0 cm³/mol. The van der Waals surface area contributed by atoms with Crippen molar-refractivity contribution in [3.05, 3.63) is 22.7 Å². The van der Waals surface area contributed by atoms with Crippen molar-refractivity contribution in [1.29, 1.82) is 0 Å². The van der Waals surface area contributed by atoms with Gasteiger partial charge in [0, 0.05) is 25.7 Å². The highest BCUT2D eigenvalue weighted by atomic mass is 35.5. The largest absolute Gasteiger partial charge is 0.493 e. The van der Waals surface area contributed by atoms with E-state index in [2.05, 4.69) is 22.1 Å². The first kappa shape index (κ1) is 19.4. The molecule has 25 heavy (non-hydrogen) atoms. The van der Waals surface area contributed by atoms with Crippen LogP contribution in [0.15, 0.2) is 12.1 Å². The van der Waals surface area contributed by atoms with Gasteiger partial charge in [0.1, 0.15) is 5.75 Å². The molecule has 1 aromatic carbocycles. The maximum Gasteiger partial charge on any atom is 0.255 e. The lowest BCUT2D eigenvalue weighted by Gasteiger charge is -2.31. The smallest absolute Gasteiger partial charge is 0.255 e. The van der Waals surface area contributed by atoms with Crippen LogP contribution in [-0.4, -0.2) is 56.3 Å². The zero-order valence-electron chi connectivity index (χ0n) is 14.6. The van der Waals surface area contributed by atoms with Gasteiger partial charge >= 0.3 is 0 Å². The fourth-order valence-corrected chi connectivity index (χ4v) is 2.73. The van der Waals surface area contributed by atoms with E-state index in [-0.39, 0.29) is 12.0 Å². The van der Waals surface area contributed by atoms with Crippen LogP contribution < -0.4 is 15.8 Å². The van der Waals surface area contributed by atoms with Gasteiger partial charge in [-0.05, 0) is 19.9 Å². The van der Waals surface area contributed by atoms with Gasteiger partial charge in [0.15, 0.2) is 0 Å². The van der Waals surface area contributed by atoms with E-state index in [9.17, 15) is 4.79 Å². The normalized spacial score (nSPS) is 17.5. The third-order valence-corrected chi connectivity index (χ3v) is 4.16. The van der Waals surface area contributed by atoms with Crippen LogP contribution in [0.5, 0.6) is 5.75 Å². The number of amides is 1. The zero-order chi connectivity index (χ0) is 18.2. The monoisotopic (exact) mass is 365 g/mol. The number of nitrogens with zero attached hydrogens (tertiary/aromatic N) is 1. The molecule has 1 fully saturated rings. The van der Waals surface area contributed by atoms with Gasteiger partial charge < -0.3 is 20.5 Å². The summed E-state index contributed by atoms with van der Waals surface area (Å²) in [5.41, 5.74) is 6.53. The SMILES string of the molecule is CC#CCN1CCOC(CNC(=O)c2cc(Cl)c(N)cc2OCC)C1. The molecule has 136 valence electrons. The van der Waals surface area contributed by atoms with Crippen LogP contribution in [-0.2, 0) is 4.74 Å². The van der Waals surface area contributed by atoms with Gasteiger partial charge in [-0.2, -0.15) is 0 Å². The Hall–Kier alpha value is -1.94. The molecule has 0 saturated carbocycles. The number of nitrogens with two attached hydrogens (primary N) is 1. The summed E-state index contributed by atoms with van der Waals surface area (Å²) in [6.07, 6.45) is -0.0730. The molecule has 1 saturated heterocycles. The number of hydrogen-bond acceptors (Lipinski definition) is 5. The molecule has 0 aliphatic carbocycles. The molecular weight excluding hydrogens is 342 g/mol. The summed E-state index contributed by atoms with van der Waals surface area (Å²) in [4.78, 5) is 14.7. The minimum absolute atomic E-state index is 0.0730. The molecule has 3 N–H and O–H groups in total. The van der Waals surface area contributed by atoms with Crippen LogP contribution in [0.4, 0.5) is 5.69 Å². The number of anilines is 1. The molecule has 6 nitrogen and oxygen atoms in total. The molecule has 1 aliphatic rings. The summed E-state index contributed by atoms with van der Waals surface area (Å²) < 4.78 is 11.2. The van der Waals surface area contributed by atoms with Crippen LogP contribution in [0.3, 0.4) is 0 Å². The van der Waals surface area contributed by atoms with Gasteiger partial charge in [-0.15, -0.1) is 5.92 Å². The van der Waals surface area contributed by atoms with Crippen molar-refractivity contribution < 1.29 is 14.3 Å². The first-order valence-corrected chi connectivity index (χ1v) is 8.66. The predicted octanol–water partition coefficient (Wildman–Crippen LogP) is 1.77. The van der Waals surface area contributed by atoms with Crippen molar-refractivity contribution in [2.45, 2.75) is 20.0 Å². The van der Waals surface area contributed by atoms with E-state index in [1.165, 1.54) is 6.07 Å². The maximum absolute atomic E-state index is 12.5. The minimum atomic E-state index is -0.264. The molecule has 0 bridgehead atoms. The molecule has 0 radical (unpaired) electrons. The lowest BCUT2D eigenvalue weighted by molar-refractivity contribution is -0.0218. The molecular formula is C18H24ClN3O3. The number of hydrogen-bond donors (Lipinski definition) is 2. The van der Waals surface area contributed by atoms with Crippen LogP contribution in [0.1, 0.15) is 24.2 Å². The van der Waals surface area contributed by atoms with Crippen LogP contribution in [0.25, 0.3) is 0 Å². The van der Waals surface area contributed by atoms with Gasteiger partial charge in [-0.3, -0.25) is 9.69 Å². The van der Waals surface area contributed by atoms with Crippen molar-refractivity contribution in [2.75, 3.05) is 45.1 Å². The van der Waals surface area contributed by atoms with E-state index < -0.39 is 0 Å². The van der Waals surface area contributed by atoms with Gasteiger partial charge in [0.2, 0.25) is 0 Å². The quantitative estimate of drug-likeness (QED) is 0.593. The number of carbonyl (C=O) groups is 1. The minimum Gasteiger partial charge on any atom is -0.493 e. The van der Waals surface area contributed by atoms with Crippen LogP contribution in [0.2, 0.25) is 5.02 Å². The third kappa shape index (κ3) is 5.53. The average Bonchev–Trinajstić information content (AvgIpc) is 2.61. The molecule has 1 unspecified atom stereocenters. The van der Waals surface area contributed by atoms with Crippen LogP contribution in [0, 0.1) is 11.8 Å². The molecule has 1 heterocycles. The fourth-order valence-electron chi connectivity index (χ4n) is 2.56. The number of morpholine rings is 1. The Morgan fingerprint density at radius 1 is 1.56 bits per heavy atom. The molecule has 0 spiro atoms. The van der Waals surface area contributed by atoms with E-state index in [0.717, 1.165) is 13.1 Å². The highest BCUT2D eigenvalue weighted by Crippen LogP contribution is 2.29. The second kappa shape index (κ2) is 9.52. The Morgan fingerprint density at radius 2 is 2.36 bits per heavy atom. The lowest BCUT2D eigenvalue weighted by atomic mass is 10.1. The standard InChI is InChI=1S/C18H24ClN3O3/c1-3-5-6-22-7-8-25-13(12-22)11-21-18(23)14-9-15(19)16(20)10-17(14)24-4-2/h9-10,13H,4,6-8,11-12,20H2,1-2H3,(H,21,23). The molecule has 7 heteroatoms. The number of benzene rings is 1. The van der Waals surface area contributed by atoms with E-state index >= 15 is 0 Å². The maximum atomic E-state index is 12.5. The fraction of sp³-hybridized carbons (Fsp3) is 0.500. The van der Waals surface area contributed by atoms with Gasteiger partial charge in [-0.1, -0.05) is 17.5 Å². The summed E-state index contributed by atoms with van der Waals surface area (Å²) in [7, 11) is 0. The van der Waals surface area contributed by atoms with Gasteiger partial charge in [0.25, 0.3) is 5.91 Å². The first-order chi connectivity index (χ1) is 12.0. The Balaban J connectivity index is 1.97. The molecule has 1 atom stereocenters. The van der Waals surface area contributed by atoms with Crippen molar-refractivity contribution in [3.8, 4) is 17.6 Å². The summed E-state index contributed by atoms with van der Waals surface area (Å²) in [6, 6.07) is 3.10. The van der Waals surface area contributed by atoms with Crippen molar-refractivity contribution in [2.24, 2.45) is 0 Å². The number of carbonyl (C=O) groups excluding carboxylic acids is 1. The van der Waals surface area contributed by atoms with Crippen molar-refractivity contribution >= 4 is 23.2 Å². The number of ether oxygens (including phenoxy) is 2. The Morgan fingerprint density at radius 3 is 3.08 bits per heavy atom. The Bertz CT molecular complexity index is 670. The molecule has 1 aromatic rings. The average molecular weight is 366 g/mol. The van der Waals surface area contributed by atoms with Gasteiger partial charge in [-0.25, -0.2) is 0 Å².